The first-order valence-corrected chi connectivity index (χ1v) is 6.93. The molecule has 2 rings (SSSR count). The molecule has 0 bridgehead atoms. The topological polar surface area (TPSA) is 47.3 Å². The van der Waals surface area contributed by atoms with E-state index in [4.69, 9.17) is 4.74 Å². The van der Waals surface area contributed by atoms with Crippen LogP contribution in [0.2, 0.25) is 0 Å². The number of benzene rings is 1. The highest BCUT2D eigenvalue weighted by Crippen LogP contribution is 2.27. The predicted octanol–water partition coefficient (Wildman–Crippen LogP) is 2.75. The molecule has 0 spiro atoms. The van der Waals surface area contributed by atoms with Gasteiger partial charge in [0.25, 0.3) is 0 Å². The number of aliphatic hydroxyl groups is 1. The second-order valence-electron chi connectivity index (χ2n) is 5.22. The highest BCUT2D eigenvalue weighted by molar-refractivity contribution is 5.32. The van der Waals surface area contributed by atoms with Gasteiger partial charge in [0.05, 0.1) is 12.7 Å². The number of imidazole rings is 1. The summed E-state index contributed by atoms with van der Waals surface area (Å²) in [4.78, 5) is 4.36. The Balaban J connectivity index is 2.23. The quantitative estimate of drug-likeness (QED) is 0.881. The molecule has 1 aromatic carbocycles. The molecule has 0 aliphatic heterocycles. The number of aryl methyl sites for hydroxylation is 1. The summed E-state index contributed by atoms with van der Waals surface area (Å²) in [7, 11) is 1.63. The highest BCUT2D eigenvalue weighted by Gasteiger charge is 2.26. The van der Waals surface area contributed by atoms with E-state index < -0.39 is 5.60 Å². The lowest BCUT2D eigenvalue weighted by Crippen LogP contribution is -2.26. The van der Waals surface area contributed by atoms with Crippen LogP contribution in [0.4, 0.5) is 0 Å². The maximum atomic E-state index is 10.8. The van der Waals surface area contributed by atoms with E-state index in [0.717, 1.165) is 30.1 Å². The van der Waals surface area contributed by atoms with Crippen LogP contribution < -0.4 is 4.74 Å². The molecule has 0 aliphatic rings. The summed E-state index contributed by atoms with van der Waals surface area (Å²) in [5.41, 5.74) is -0.131. The van der Waals surface area contributed by atoms with Gasteiger partial charge in [0.1, 0.15) is 11.6 Å². The van der Waals surface area contributed by atoms with E-state index in [0.29, 0.717) is 6.42 Å². The van der Waals surface area contributed by atoms with E-state index in [1.807, 2.05) is 37.4 Å². The van der Waals surface area contributed by atoms with E-state index in [-0.39, 0.29) is 0 Å². The molecule has 2 aromatic rings. The minimum absolute atomic E-state index is 0.479. The first-order valence-electron chi connectivity index (χ1n) is 6.93. The third-order valence-corrected chi connectivity index (χ3v) is 3.46. The van der Waals surface area contributed by atoms with Gasteiger partial charge < -0.3 is 14.4 Å². The lowest BCUT2D eigenvalue weighted by atomic mass is 9.92. The van der Waals surface area contributed by atoms with Crippen LogP contribution in [0.5, 0.6) is 5.75 Å². The molecule has 0 saturated heterocycles. The number of ether oxygens (including phenoxy) is 1. The molecular weight excluding hydrogens is 252 g/mol. The lowest BCUT2D eigenvalue weighted by molar-refractivity contribution is 0.0543. The van der Waals surface area contributed by atoms with Crippen LogP contribution >= 0.6 is 0 Å². The van der Waals surface area contributed by atoms with Crippen LogP contribution in [0.1, 0.15) is 31.7 Å². The van der Waals surface area contributed by atoms with Crippen molar-refractivity contribution in [3.63, 3.8) is 0 Å². The molecule has 0 radical (unpaired) electrons. The third-order valence-electron chi connectivity index (χ3n) is 3.46. The summed E-state index contributed by atoms with van der Waals surface area (Å²) in [5, 5.41) is 10.8. The fraction of sp³-hybridized carbons (Fsp3) is 0.438. The Hall–Kier alpha value is -1.81. The normalized spacial score (nSPS) is 14.0. The molecule has 1 heterocycles. The molecular formula is C16H22N2O2. The molecule has 108 valence electrons. The maximum Gasteiger partial charge on any atom is 0.119 e. The van der Waals surface area contributed by atoms with Crippen molar-refractivity contribution in [3.8, 4) is 5.75 Å². The van der Waals surface area contributed by atoms with Crippen molar-refractivity contribution >= 4 is 0 Å². The SMILES string of the molecule is CCCn1ccnc1CC(C)(O)c1cccc(OC)c1. The average molecular weight is 274 g/mol. The highest BCUT2D eigenvalue weighted by atomic mass is 16.5. The average Bonchev–Trinajstić information content (AvgIpc) is 2.86. The van der Waals surface area contributed by atoms with Gasteiger partial charge in [0.2, 0.25) is 0 Å². The van der Waals surface area contributed by atoms with Gasteiger partial charge in [0, 0.05) is 25.4 Å². The number of methoxy groups -OCH3 is 1. The Morgan fingerprint density at radius 2 is 2.20 bits per heavy atom. The Bertz CT molecular complexity index is 561. The van der Waals surface area contributed by atoms with Crippen LogP contribution in [0, 0.1) is 0 Å². The second-order valence-corrected chi connectivity index (χ2v) is 5.22. The van der Waals surface area contributed by atoms with Crippen molar-refractivity contribution in [1.82, 2.24) is 9.55 Å². The zero-order chi connectivity index (χ0) is 14.6. The Morgan fingerprint density at radius 3 is 2.90 bits per heavy atom. The van der Waals surface area contributed by atoms with E-state index in [2.05, 4.69) is 16.5 Å². The van der Waals surface area contributed by atoms with Gasteiger partial charge in [-0.2, -0.15) is 0 Å². The van der Waals surface area contributed by atoms with Crippen LogP contribution in [0.15, 0.2) is 36.7 Å². The van der Waals surface area contributed by atoms with E-state index in [9.17, 15) is 5.11 Å². The number of nitrogens with zero attached hydrogens (tertiary/aromatic N) is 2. The summed E-state index contributed by atoms with van der Waals surface area (Å²) in [6, 6.07) is 7.54. The Kier molecular flexibility index (Phi) is 4.45. The van der Waals surface area contributed by atoms with Gasteiger partial charge in [-0.25, -0.2) is 4.98 Å². The summed E-state index contributed by atoms with van der Waals surface area (Å²) in [6.45, 7) is 4.86. The van der Waals surface area contributed by atoms with E-state index in [1.165, 1.54) is 0 Å². The van der Waals surface area contributed by atoms with Gasteiger partial charge >= 0.3 is 0 Å². The van der Waals surface area contributed by atoms with Crippen LogP contribution in [-0.2, 0) is 18.6 Å². The molecule has 0 saturated carbocycles. The van der Waals surface area contributed by atoms with E-state index in [1.54, 1.807) is 13.3 Å². The first-order chi connectivity index (χ1) is 9.56. The second kappa shape index (κ2) is 6.09. The van der Waals surface area contributed by atoms with Gasteiger partial charge in [-0.3, -0.25) is 0 Å². The zero-order valence-electron chi connectivity index (χ0n) is 12.3. The molecule has 20 heavy (non-hydrogen) atoms. The first kappa shape index (κ1) is 14.6. The molecule has 1 atom stereocenters. The largest absolute Gasteiger partial charge is 0.497 e. The van der Waals surface area contributed by atoms with Crippen molar-refractivity contribution in [2.24, 2.45) is 0 Å². The third kappa shape index (κ3) is 3.20. The maximum absolute atomic E-state index is 10.8. The molecule has 1 aromatic heterocycles. The summed E-state index contributed by atoms with van der Waals surface area (Å²) in [5.74, 6) is 1.65. The summed E-state index contributed by atoms with van der Waals surface area (Å²) >= 11 is 0. The Morgan fingerprint density at radius 1 is 1.40 bits per heavy atom. The summed E-state index contributed by atoms with van der Waals surface area (Å²) in [6.07, 6.45) is 5.27. The van der Waals surface area contributed by atoms with Gasteiger partial charge in [0.15, 0.2) is 0 Å². The standard InChI is InChI=1S/C16H22N2O2/c1-4-9-18-10-8-17-15(18)12-16(2,19)13-6-5-7-14(11-13)20-3/h5-8,10-11,19H,4,9,12H2,1-3H3. The predicted molar refractivity (Wildman–Crippen MR) is 78.8 cm³/mol. The molecule has 0 fully saturated rings. The fourth-order valence-corrected chi connectivity index (χ4v) is 2.32. The van der Waals surface area contributed by atoms with Crippen molar-refractivity contribution in [2.45, 2.75) is 38.8 Å². The minimum Gasteiger partial charge on any atom is -0.497 e. The van der Waals surface area contributed by atoms with Gasteiger partial charge in [-0.1, -0.05) is 19.1 Å². The zero-order valence-corrected chi connectivity index (χ0v) is 12.3. The van der Waals surface area contributed by atoms with Crippen molar-refractivity contribution < 1.29 is 9.84 Å². The molecule has 0 aliphatic carbocycles. The Labute approximate surface area is 120 Å². The number of rotatable bonds is 6. The molecule has 0 amide bonds. The van der Waals surface area contributed by atoms with Gasteiger partial charge in [-0.05, 0) is 31.0 Å². The summed E-state index contributed by atoms with van der Waals surface area (Å²) < 4.78 is 7.31. The monoisotopic (exact) mass is 274 g/mol. The van der Waals surface area contributed by atoms with Crippen LogP contribution in [-0.4, -0.2) is 21.8 Å². The van der Waals surface area contributed by atoms with Crippen LogP contribution in [0.3, 0.4) is 0 Å². The molecule has 4 nitrogen and oxygen atoms in total. The van der Waals surface area contributed by atoms with Crippen molar-refractivity contribution in [3.05, 3.63) is 48.0 Å². The van der Waals surface area contributed by atoms with Gasteiger partial charge in [-0.15, -0.1) is 0 Å². The van der Waals surface area contributed by atoms with E-state index >= 15 is 0 Å². The van der Waals surface area contributed by atoms with Crippen LogP contribution in [0.25, 0.3) is 0 Å². The minimum atomic E-state index is -0.967. The number of hydrogen-bond donors (Lipinski definition) is 1. The lowest BCUT2D eigenvalue weighted by Gasteiger charge is -2.24. The smallest absolute Gasteiger partial charge is 0.119 e. The van der Waals surface area contributed by atoms with Crippen molar-refractivity contribution in [2.75, 3.05) is 7.11 Å². The van der Waals surface area contributed by atoms with Crippen molar-refractivity contribution in [1.29, 1.82) is 0 Å². The molecule has 4 heteroatoms. The number of hydrogen-bond acceptors (Lipinski definition) is 3. The molecule has 1 N–H and O–H groups in total. The molecule has 1 unspecified atom stereocenters. The number of aromatic nitrogens is 2. The fourth-order valence-electron chi connectivity index (χ4n) is 2.32.